The van der Waals surface area contributed by atoms with E-state index in [4.69, 9.17) is 10.5 Å². The molecule has 1 aromatic carbocycles. The lowest BCUT2D eigenvalue weighted by molar-refractivity contribution is -0.384. The zero-order chi connectivity index (χ0) is 21.7. The number of hydrogen-bond donors (Lipinski definition) is 1. The highest BCUT2D eigenvalue weighted by molar-refractivity contribution is 5.94. The second-order valence-corrected chi connectivity index (χ2v) is 7.59. The number of nitrogens with two attached hydrogens (primary N) is 1. The van der Waals surface area contributed by atoms with E-state index in [-0.39, 0.29) is 11.3 Å². The molecule has 10 nitrogen and oxygen atoms in total. The summed E-state index contributed by atoms with van der Waals surface area (Å²) >= 11 is 0. The van der Waals surface area contributed by atoms with Crippen LogP contribution in [0.2, 0.25) is 0 Å². The second kappa shape index (κ2) is 9.55. The van der Waals surface area contributed by atoms with Gasteiger partial charge in [-0.2, -0.15) is 0 Å². The Morgan fingerprint density at radius 1 is 1.10 bits per heavy atom. The van der Waals surface area contributed by atoms with E-state index in [0.717, 1.165) is 45.2 Å². The SMILES string of the molecule is NC(=O)[C@@H]1CCCCN1C(=O)COC(=O)c1ccc(N2CCCCC2)c([N+](=O)[O-])c1. The van der Waals surface area contributed by atoms with Gasteiger partial charge in [0, 0.05) is 25.7 Å². The summed E-state index contributed by atoms with van der Waals surface area (Å²) in [4.78, 5) is 50.6. The fourth-order valence-electron chi connectivity index (χ4n) is 4.02. The van der Waals surface area contributed by atoms with Crippen molar-refractivity contribution in [3.05, 3.63) is 33.9 Å². The first-order valence-electron chi connectivity index (χ1n) is 10.2. The molecule has 2 heterocycles. The summed E-state index contributed by atoms with van der Waals surface area (Å²) in [6.07, 6.45) is 5.05. The second-order valence-electron chi connectivity index (χ2n) is 7.59. The number of carbonyl (C=O) groups excluding carboxylic acids is 3. The van der Waals surface area contributed by atoms with E-state index in [9.17, 15) is 24.5 Å². The normalized spacial score (nSPS) is 19.3. The van der Waals surface area contributed by atoms with Gasteiger partial charge < -0.3 is 20.3 Å². The van der Waals surface area contributed by atoms with Crippen LogP contribution in [0.5, 0.6) is 0 Å². The van der Waals surface area contributed by atoms with Gasteiger partial charge in [-0.25, -0.2) is 4.79 Å². The number of benzene rings is 1. The monoisotopic (exact) mass is 418 g/mol. The van der Waals surface area contributed by atoms with E-state index < -0.39 is 35.4 Å². The molecule has 3 rings (SSSR count). The summed E-state index contributed by atoms with van der Waals surface area (Å²) in [5.41, 5.74) is 5.67. The maximum Gasteiger partial charge on any atom is 0.338 e. The number of primary amides is 1. The number of nitro groups is 1. The molecule has 2 aliphatic heterocycles. The van der Waals surface area contributed by atoms with Crippen molar-refractivity contribution in [2.24, 2.45) is 5.73 Å². The molecule has 0 aromatic heterocycles. The minimum Gasteiger partial charge on any atom is -0.452 e. The molecule has 2 N–H and O–H groups in total. The van der Waals surface area contributed by atoms with E-state index in [1.807, 2.05) is 4.90 Å². The Bertz CT molecular complexity index is 837. The molecule has 1 aromatic rings. The number of piperidine rings is 2. The Balaban J connectivity index is 1.67. The first-order valence-corrected chi connectivity index (χ1v) is 10.2. The number of nitrogens with zero attached hydrogens (tertiary/aromatic N) is 3. The van der Waals surface area contributed by atoms with Gasteiger partial charge in [0.05, 0.1) is 10.5 Å². The fourth-order valence-corrected chi connectivity index (χ4v) is 4.02. The van der Waals surface area contributed by atoms with Gasteiger partial charge in [0.25, 0.3) is 11.6 Å². The van der Waals surface area contributed by atoms with Crippen molar-refractivity contribution in [1.82, 2.24) is 4.90 Å². The summed E-state index contributed by atoms with van der Waals surface area (Å²) in [6, 6.07) is 3.51. The molecule has 0 aliphatic carbocycles. The van der Waals surface area contributed by atoms with Crippen LogP contribution in [0.4, 0.5) is 11.4 Å². The molecule has 2 fully saturated rings. The van der Waals surface area contributed by atoms with Crippen molar-refractivity contribution >= 4 is 29.2 Å². The number of nitro benzene ring substituents is 1. The minimum absolute atomic E-state index is 0.000329. The molecule has 0 radical (unpaired) electrons. The average Bonchev–Trinajstić information content (AvgIpc) is 2.77. The number of anilines is 1. The average molecular weight is 418 g/mol. The number of amides is 2. The maximum atomic E-state index is 12.4. The predicted octanol–water partition coefficient (Wildman–Crippen LogP) is 1.61. The van der Waals surface area contributed by atoms with E-state index in [1.165, 1.54) is 17.0 Å². The molecular formula is C20H26N4O6. The van der Waals surface area contributed by atoms with Crippen LogP contribution in [0.25, 0.3) is 0 Å². The van der Waals surface area contributed by atoms with E-state index in [2.05, 4.69) is 0 Å². The third-order valence-corrected chi connectivity index (χ3v) is 5.58. The lowest BCUT2D eigenvalue weighted by Crippen LogP contribution is -2.51. The molecular weight excluding hydrogens is 392 g/mol. The Morgan fingerprint density at radius 2 is 1.80 bits per heavy atom. The van der Waals surface area contributed by atoms with Gasteiger partial charge in [-0.05, 0) is 50.7 Å². The first kappa shape index (κ1) is 21.5. The van der Waals surface area contributed by atoms with Crippen molar-refractivity contribution in [2.45, 2.75) is 44.6 Å². The molecule has 2 aliphatic rings. The molecule has 0 saturated carbocycles. The van der Waals surface area contributed by atoms with E-state index >= 15 is 0 Å². The van der Waals surface area contributed by atoms with Gasteiger partial charge in [-0.1, -0.05) is 0 Å². The standard InChI is InChI=1S/C20H26N4O6/c21-19(26)16-6-2-5-11-23(16)18(25)13-30-20(27)14-7-8-15(17(12-14)24(28)29)22-9-3-1-4-10-22/h7-8,12,16H,1-6,9-11,13H2,(H2,21,26)/t16-/m0/s1. The number of rotatable bonds is 6. The number of carbonyl (C=O) groups is 3. The summed E-state index contributed by atoms with van der Waals surface area (Å²) in [5.74, 6) is -1.92. The lowest BCUT2D eigenvalue weighted by Gasteiger charge is -2.33. The van der Waals surface area contributed by atoms with Crippen LogP contribution in [0, 0.1) is 10.1 Å². The number of likely N-dealkylation sites (tertiary alicyclic amines) is 1. The third-order valence-electron chi connectivity index (χ3n) is 5.58. The van der Waals surface area contributed by atoms with Gasteiger partial charge in [-0.15, -0.1) is 0 Å². The van der Waals surface area contributed by atoms with Crippen molar-refractivity contribution < 1.29 is 24.0 Å². The highest BCUT2D eigenvalue weighted by Gasteiger charge is 2.31. The molecule has 1 atom stereocenters. The molecule has 0 spiro atoms. The summed E-state index contributed by atoms with van der Waals surface area (Å²) in [5, 5.41) is 11.5. The molecule has 2 amide bonds. The Hall–Kier alpha value is -3.17. The van der Waals surface area contributed by atoms with Gasteiger partial charge in [0.1, 0.15) is 11.7 Å². The van der Waals surface area contributed by atoms with Crippen LogP contribution in [0.1, 0.15) is 48.9 Å². The van der Waals surface area contributed by atoms with Crippen LogP contribution in [0.3, 0.4) is 0 Å². The molecule has 2 saturated heterocycles. The number of esters is 1. The number of hydrogen-bond acceptors (Lipinski definition) is 7. The smallest absolute Gasteiger partial charge is 0.338 e. The van der Waals surface area contributed by atoms with E-state index in [1.54, 1.807) is 6.07 Å². The number of ether oxygens (including phenoxy) is 1. The zero-order valence-electron chi connectivity index (χ0n) is 16.7. The quantitative estimate of drug-likeness (QED) is 0.421. The van der Waals surface area contributed by atoms with Crippen molar-refractivity contribution in [1.29, 1.82) is 0 Å². The van der Waals surface area contributed by atoms with Crippen molar-refractivity contribution in [3.63, 3.8) is 0 Å². The zero-order valence-corrected chi connectivity index (χ0v) is 16.7. The highest BCUT2D eigenvalue weighted by atomic mass is 16.6. The summed E-state index contributed by atoms with van der Waals surface area (Å²) in [6.45, 7) is 1.29. The molecule has 162 valence electrons. The van der Waals surface area contributed by atoms with Gasteiger partial charge in [-0.3, -0.25) is 19.7 Å². The van der Waals surface area contributed by atoms with E-state index in [0.29, 0.717) is 18.7 Å². The van der Waals surface area contributed by atoms with Crippen molar-refractivity contribution in [2.75, 3.05) is 31.1 Å². The molecule has 10 heteroatoms. The van der Waals surface area contributed by atoms with Crippen LogP contribution in [-0.4, -0.2) is 59.9 Å². The largest absolute Gasteiger partial charge is 0.452 e. The van der Waals surface area contributed by atoms with Crippen LogP contribution in [-0.2, 0) is 14.3 Å². The third kappa shape index (κ3) is 4.87. The van der Waals surface area contributed by atoms with Gasteiger partial charge >= 0.3 is 5.97 Å². The Labute approximate surface area is 174 Å². The minimum atomic E-state index is -0.829. The Kier molecular flexibility index (Phi) is 6.86. The maximum absolute atomic E-state index is 12.4. The van der Waals surface area contributed by atoms with Crippen LogP contribution >= 0.6 is 0 Å². The summed E-state index contributed by atoms with van der Waals surface area (Å²) in [7, 11) is 0. The predicted molar refractivity (Wildman–Crippen MR) is 108 cm³/mol. The lowest BCUT2D eigenvalue weighted by atomic mass is 10.0. The van der Waals surface area contributed by atoms with Crippen molar-refractivity contribution in [3.8, 4) is 0 Å². The summed E-state index contributed by atoms with van der Waals surface area (Å²) < 4.78 is 5.07. The highest BCUT2D eigenvalue weighted by Crippen LogP contribution is 2.31. The Morgan fingerprint density at radius 3 is 2.47 bits per heavy atom. The first-order chi connectivity index (χ1) is 14.4. The van der Waals surface area contributed by atoms with Gasteiger partial charge in [0.15, 0.2) is 6.61 Å². The molecule has 0 bridgehead atoms. The van der Waals surface area contributed by atoms with Gasteiger partial charge in [0.2, 0.25) is 5.91 Å². The molecule has 0 unspecified atom stereocenters. The van der Waals surface area contributed by atoms with Crippen LogP contribution in [0.15, 0.2) is 18.2 Å². The fraction of sp³-hybridized carbons (Fsp3) is 0.550. The topological polar surface area (TPSA) is 136 Å². The molecule has 30 heavy (non-hydrogen) atoms. The van der Waals surface area contributed by atoms with Crippen LogP contribution < -0.4 is 10.6 Å².